The Morgan fingerprint density at radius 3 is 3.00 bits per heavy atom. The highest BCUT2D eigenvalue weighted by atomic mass is 32.2. The van der Waals surface area contributed by atoms with Crippen molar-refractivity contribution in [3.05, 3.63) is 11.6 Å². The zero-order valence-corrected chi connectivity index (χ0v) is 11.0. The minimum absolute atomic E-state index is 0.101. The fourth-order valence-corrected chi connectivity index (χ4v) is 4.09. The Balaban J connectivity index is 1.74. The van der Waals surface area contributed by atoms with Gasteiger partial charge in [-0.05, 0) is 31.4 Å². The number of nitrogens with zero attached hydrogens (tertiary/aromatic N) is 3. The first-order chi connectivity index (χ1) is 8.34. The smallest absolute Gasteiger partial charge is 0.149 e. The summed E-state index contributed by atoms with van der Waals surface area (Å²) in [4.78, 5) is 0. The third kappa shape index (κ3) is 2.36. The summed E-state index contributed by atoms with van der Waals surface area (Å²) in [5.41, 5.74) is 6.06. The summed E-state index contributed by atoms with van der Waals surface area (Å²) in [5.74, 6) is 3.48. The fraction of sp³-hybridized carbons (Fsp3) is 0.833. The van der Waals surface area contributed by atoms with Gasteiger partial charge in [-0.3, -0.25) is 0 Å². The molecule has 17 heavy (non-hydrogen) atoms. The standard InChI is InChI=1S/C12H20N4S/c13-10-5-3-6-16-11(14-15-12(10)16)8-9-4-1-2-7-17-9/h9-10H,1-8,13H2. The van der Waals surface area contributed by atoms with Gasteiger partial charge in [-0.2, -0.15) is 11.8 Å². The molecule has 2 atom stereocenters. The van der Waals surface area contributed by atoms with Crippen LogP contribution in [-0.2, 0) is 13.0 Å². The summed E-state index contributed by atoms with van der Waals surface area (Å²) in [5, 5.41) is 9.39. The maximum atomic E-state index is 6.06. The van der Waals surface area contributed by atoms with Crippen molar-refractivity contribution in [1.29, 1.82) is 0 Å². The molecule has 0 radical (unpaired) electrons. The Hall–Kier alpha value is -0.550. The van der Waals surface area contributed by atoms with Crippen LogP contribution in [0.3, 0.4) is 0 Å². The van der Waals surface area contributed by atoms with E-state index in [9.17, 15) is 0 Å². The molecule has 0 spiro atoms. The lowest BCUT2D eigenvalue weighted by Crippen LogP contribution is -2.24. The Labute approximate surface area is 106 Å². The molecule has 1 saturated heterocycles. The summed E-state index contributed by atoms with van der Waals surface area (Å²) >= 11 is 2.10. The lowest BCUT2D eigenvalue weighted by molar-refractivity contribution is 0.441. The topological polar surface area (TPSA) is 56.7 Å². The molecular weight excluding hydrogens is 232 g/mol. The molecule has 3 rings (SSSR count). The number of hydrogen-bond acceptors (Lipinski definition) is 4. The van der Waals surface area contributed by atoms with Crippen molar-refractivity contribution in [2.75, 3.05) is 5.75 Å². The fourth-order valence-electron chi connectivity index (χ4n) is 2.79. The Bertz CT molecular complexity index is 384. The van der Waals surface area contributed by atoms with Gasteiger partial charge in [0, 0.05) is 18.2 Å². The molecule has 0 saturated carbocycles. The molecule has 0 aromatic carbocycles. The van der Waals surface area contributed by atoms with Gasteiger partial charge in [-0.25, -0.2) is 0 Å². The number of aromatic nitrogens is 3. The lowest BCUT2D eigenvalue weighted by Gasteiger charge is -2.23. The van der Waals surface area contributed by atoms with Crippen molar-refractivity contribution in [1.82, 2.24) is 14.8 Å². The molecule has 94 valence electrons. The second-order valence-corrected chi connectivity index (χ2v) is 6.48. The van der Waals surface area contributed by atoms with Crippen LogP contribution >= 0.6 is 11.8 Å². The molecule has 2 unspecified atom stereocenters. The van der Waals surface area contributed by atoms with Gasteiger partial charge in [-0.1, -0.05) is 6.42 Å². The summed E-state index contributed by atoms with van der Waals surface area (Å²) in [6.07, 6.45) is 7.37. The van der Waals surface area contributed by atoms with Crippen LogP contribution in [0.25, 0.3) is 0 Å². The third-order valence-electron chi connectivity index (χ3n) is 3.77. The van der Waals surface area contributed by atoms with Crippen molar-refractivity contribution < 1.29 is 0 Å². The van der Waals surface area contributed by atoms with Crippen LogP contribution in [0.1, 0.15) is 49.8 Å². The zero-order chi connectivity index (χ0) is 11.7. The van der Waals surface area contributed by atoms with E-state index in [1.54, 1.807) is 0 Å². The van der Waals surface area contributed by atoms with Crippen molar-refractivity contribution >= 4 is 11.8 Å². The van der Waals surface area contributed by atoms with Gasteiger partial charge < -0.3 is 10.3 Å². The monoisotopic (exact) mass is 252 g/mol. The van der Waals surface area contributed by atoms with E-state index in [4.69, 9.17) is 5.73 Å². The molecular formula is C12H20N4S. The first kappa shape index (κ1) is 11.5. The number of hydrogen-bond donors (Lipinski definition) is 1. The average Bonchev–Trinajstić information content (AvgIpc) is 2.76. The maximum Gasteiger partial charge on any atom is 0.149 e. The molecule has 1 fully saturated rings. The lowest BCUT2D eigenvalue weighted by atomic mass is 10.1. The van der Waals surface area contributed by atoms with Crippen LogP contribution in [0, 0.1) is 0 Å². The second-order valence-electron chi connectivity index (χ2n) is 5.07. The van der Waals surface area contributed by atoms with Crippen molar-refractivity contribution in [3.63, 3.8) is 0 Å². The summed E-state index contributed by atoms with van der Waals surface area (Å²) in [7, 11) is 0. The minimum atomic E-state index is 0.101. The van der Waals surface area contributed by atoms with Crippen LogP contribution in [0.4, 0.5) is 0 Å². The van der Waals surface area contributed by atoms with Crippen LogP contribution in [-0.4, -0.2) is 25.8 Å². The Morgan fingerprint density at radius 1 is 1.24 bits per heavy atom. The first-order valence-electron chi connectivity index (χ1n) is 6.64. The van der Waals surface area contributed by atoms with Gasteiger partial charge >= 0.3 is 0 Å². The van der Waals surface area contributed by atoms with E-state index < -0.39 is 0 Å². The van der Waals surface area contributed by atoms with Gasteiger partial charge in [-0.15, -0.1) is 10.2 Å². The molecule has 2 aliphatic heterocycles. The molecule has 1 aromatic rings. The highest BCUT2D eigenvalue weighted by Crippen LogP contribution is 2.29. The molecule has 2 aliphatic rings. The molecule has 0 amide bonds. The van der Waals surface area contributed by atoms with Crippen LogP contribution in [0.15, 0.2) is 0 Å². The largest absolute Gasteiger partial charge is 0.321 e. The number of rotatable bonds is 2. The molecule has 5 heteroatoms. The number of nitrogens with two attached hydrogens (primary N) is 1. The van der Waals surface area contributed by atoms with E-state index in [0.717, 1.165) is 42.7 Å². The third-order valence-corrected chi connectivity index (χ3v) is 5.17. The highest BCUT2D eigenvalue weighted by Gasteiger charge is 2.24. The normalized spacial score (nSPS) is 29.0. The second kappa shape index (κ2) is 4.98. The Morgan fingerprint density at radius 2 is 2.18 bits per heavy atom. The van der Waals surface area contributed by atoms with Crippen LogP contribution in [0.2, 0.25) is 0 Å². The van der Waals surface area contributed by atoms with E-state index in [-0.39, 0.29) is 6.04 Å². The minimum Gasteiger partial charge on any atom is -0.321 e. The molecule has 2 N–H and O–H groups in total. The maximum absolute atomic E-state index is 6.06. The van der Waals surface area contributed by atoms with Gasteiger partial charge in [0.25, 0.3) is 0 Å². The van der Waals surface area contributed by atoms with E-state index in [1.807, 2.05) is 0 Å². The molecule has 3 heterocycles. The highest BCUT2D eigenvalue weighted by molar-refractivity contribution is 7.99. The quantitative estimate of drug-likeness (QED) is 0.873. The molecule has 0 aliphatic carbocycles. The van der Waals surface area contributed by atoms with Gasteiger partial charge in [0.2, 0.25) is 0 Å². The Kier molecular flexibility index (Phi) is 3.38. The summed E-state index contributed by atoms with van der Waals surface area (Å²) < 4.78 is 2.27. The van der Waals surface area contributed by atoms with Crippen molar-refractivity contribution in [2.45, 2.75) is 56.4 Å². The van der Waals surface area contributed by atoms with Crippen LogP contribution in [0.5, 0.6) is 0 Å². The summed E-state index contributed by atoms with van der Waals surface area (Å²) in [6, 6.07) is 0.101. The van der Waals surface area contributed by atoms with Gasteiger partial charge in [0.05, 0.1) is 6.04 Å². The zero-order valence-electron chi connectivity index (χ0n) is 10.1. The molecule has 4 nitrogen and oxygen atoms in total. The molecule has 0 bridgehead atoms. The van der Waals surface area contributed by atoms with E-state index >= 15 is 0 Å². The van der Waals surface area contributed by atoms with Gasteiger partial charge in [0.15, 0.2) is 0 Å². The SMILES string of the molecule is NC1CCCn2c(CC3CCCCS3)nnc21. The first-order valence-corrected chi connectivity index (χ1v) is 7.68. The van der Waals surface area contributed by atoms with E-state index in [1.165, 1.54) is 25.0 Å². The predicted octanol–water partition coefficient (Wildman–Crippen LogP) is 1.90. The van der Waals surface area contributed by atoms with Crippen molar-refractivity contribution in [3.8, 4) is 0 Å². The number of fused-ring (bicyclic) bond motifs is 1. The van der Waals surface area contributed by atoms with Crippen LogP contribution < -0.4 is 5.73 Å². The van der Waals surface area contributed by atoms with E-state index in [2.05, 4.69) is 26.5 Å². The summed E-state index contributed by atoms with van der Waals surface area (Å²) in [6.45, 7) is 1.06. The number of thioether (sulfide) groups is 1. The molecule has 1 aromatic heterocycles. The van der Waals surface area contributed by atoms with Crippen molar-refractivity contribution in [2.24, 2.45) is 5.73 Å². The van der Waals surface area contributed by atoms with Gasteiger partial charge in [0.1, 0.15) is 11.6 Å². The predicted molar refractivity (Wildman–Crippen MR) is 70.0 cm³/mol. The van der Waals surface area contributed by atoms with E-state index in [0.29, 0.717) is 0 Å². The average molecular weight is 252 g/mol.